The minimum Gasteiger partial charge on any atom is -0.481 e. The van der Waals surface area contributed by atoms with E-state index in [1.54, 1.807) is 6.07 Å². The number of aryl methyl sites for hydroxylation is 1. The summed E-state index contributed by atoms with van der Waals surface area (Å²) in [7, 11) is 0. The fraction of sp³-hybridized carbons (Fsp3) is 0.429. The SMILES string of the molecule is O=C(O)CCc1ccc(N2C[C@@H]3C[C@H]2C[C@H]3OCc2cc(-c3c(Cl)cc(C4CC4)cc3Cl)n[nH]2)c(F)c1. The Morgan fingerprint density at radius 3 is 2.59 bits per heavy atom. The van der Waals surface area contributed by atoms with E-state index in [1.165, 1.54) is 24.5 Å². The summed E-state index contributed by atoms with van der Waals surface area (Å²) in [5, 5.41) is 17.6. The summed E-state index contributed by atoms with van der Waals surface area (Å²) in [4.78, 5) is 12.9. The van der Waals surface area contributed by atoms with Crippen LogP contribution >= 0.6 is 23.2 Å². The Hall–Kier alpha value is -2.61. The highest BCUT2D eigenvalue weighted by atomic mass is 35.5. The van der Waals surface area contributed by atoms with Crippen molar-refractivity contribution in [3.8, 4) is 11.3 Å². The number of hydrogen-bond acceptors (Lipinski definition) is 4. The van der Waals surface area contributed by atoms with Crippen molar-refractivity contribution in [1.29, 1.82) is 0 Å². The van der Waals surface area contributed by atoms with E-state index >= 15 is 0 Å². The summed E-state index contributed by atoms with van der Waals surface area (Å²) >= 11 is 13.1. The average Bonchev–Trinajstić information content (AvgIpc) is 3.29. The summed E-state index contributed by atoms with van der Waals surface area (Å²) in [6.07, 6.45) is 4.61. The molecule has 9 heteroatoms. The number of nitrogens with one attached hydrogen (secondary N) is 1. The average molecular weight is 544 g/mol. The summed E-state index contributed by atoms with van der Waals surface area (Å²) < 4.78 is 21.1. The van der Waals surface area contributed by atoms with Gasteiger partial charge in [0.25, 0.3) is 0 Å². The number of hydrogen-bond donors (Lipinski definition) is 2. The third kappa shape index (κ3) is 5.09. The van der Waals surface area contributed by atoms with Gasteiger partial charge in [-0.2, -0.15) is 5.10 Å². The van der Waals surface area contributed by atoms with Crippen LogP contribution in [0.2, 0.25) is 10.0 Å². The highest BCUT2D eigenvalue weighted by Gasteiger charge is 2.46. The molecule has 2 heterocycles. The van der Waals surface area contributed by atoms with Crippen molar-refractivity contribution in [2.24, 2.45) is 5.92 Å². The van der Waals surface area contributed by atoms with Gasteiger partial charge in [-0.25, -0.2) is 4.39 Å². The number of ether oxygens (including phenoxy) is 1. The van der Waals surface area contributed by atoms with Crippen LogP contribution in [0.4, 0.5) is 10.1 Å². The lowest BCUT2D eigenvalue weighted by Crippen LogP contribution is -2.39. The molecule has 6 rings (SSSR count). The molecule has 3 aliphatic rings. The number of aliphatic carboxylic acids is 1. The number of aromatic amines is 1. The van der Waals surface area contributed by atoms with Crippen LogP contribution in [0.3, 0.4) is 0 Å². The smallest absolute Gasteiger partial charge is 0.303 e. The second kappa shape index (κ2) is 9.93. The summed E-state index contributed by atoms with van der Waals surface area (Å²) in [5.41, 5.74) is 4.78. The Balaban J connectivity index is 1.06. The van der Waals surface area contributed by atoms with Crippen LogP contribution in [0.1, 0.15) is 54.8 Å². The van der Waals surface area contributed by atoms with Crippen molar-refractivity contribution < 1.29 is 19.0 Å². The Morgan fingerprint density at radius 2 is 1.95 bits per heavy atom. The molecular formula is C28H28Cl2FN3O3. The van der Waals surface area contributed by atoms with Crippen LogP contribution in [0.5, 0.6) is 0 Å². The topological polar surface area (TPSA) is 78.4 Å². The molecule has 0 radical (unpaired) electrons. The molecule has 0 spiro atoms. The first-order valence-electron chi connectivity index (χ1n) is 12.8. The van der Waals surface area contributed by atoms with Gasteiger partial charge >= 0.3 is 5.97 Å². The summed E-state index contributed by atoms with van der Waals surface area (Å²) in [6, 6.07) is 11.2. The third-order valence-corrected chi connectivity index (χ3v) is 8.48. The van der Waals surface area contributed by atoms with Gasteiger partial charge in [-0.1, -0.05) is 29.3 Å². The first kappa shape index (κ1) is 24.7. The van der Waals surface area contributed by atoms with Crippen LogP contribution in [-0.4, -0.2) is 40.0 Å². The molecule has 3 atom stereocenters. The second-order valence-electron chi connectivity index (χ2n) is 10.5. The predicted molar refractivity (Wildman–Crippen MR) is 141 cm³/mol. The highest BCUT2D eigenvalue weighted by Crippen LogP contribution is 2.45. The molecular weight excluding hydrogens is 516 g/mol. The number of piperidine rings is 1. The molecule has 2 aromatic carbocycles. The van der Waals surface area contributed by atoms with Crippen LogP contribution in [0.25, 0.3) is 11.3 Å². The quantitative estimate of drug-likeness (QED) is 0.317. The first-order valence-corrected chi connectivity index (χ1v) is 13.5. The zero-order valence-electron chi connectivity index (χ0n) is 20.2. The largest absolute Gasteiger partial charge is 0.481 e. The van der Waals surface area contributed by atoms with E-state index in [4.69, 9.17) is 33.0 Å². The molecule has 194 valence electrons. The Labute approximate surface area is 224 Å². The molecule has 0 amide bonds. The van der Waals surface area contributed by atoms with Gasteiger partial charge in [0.2, 0.25) is 0 Å². The summed E-state index contributed by atoms with van der Waals surface area (Å²) in [6.45, 7) is 1.15. The maximum atomic E-state index is 14.8. The molecule has 2 N–H and O–H groups in total. The molecule has 1 aliphatic heterocycles. The molecule has 6 nitrogen and oxygen atoms in total. The van der Waals surface area contributed by atoms with E-state index in [1.807, 2.05) is 24.3 Å². The van der Waals surface area contributed by atoms with Gasteiger partial charge in [-0.05, 0) is 79.5 Å². The van der Waals surface area contributed by atoms with Crippen molar-refractivity contribution in [3.63, 3.8) is 0 Å². The van der Waals surface area contributed by atoms with Crippen molar-refractivity contribution in [2.75, 3.05) is 11.4 Å². The molecule has 2 aliphatic carbocycles. The predicted octanol–water partition coefficient (Wildman–Crippen LogP) is 6.60. The Bertz CT molecular complexity index is 1320. The van der Waals surface area contributed by atoms with Crippen molar-refractivity contribution >= 4 is 34.9 Å². The number of anilines is 1. The van der Waals surface area contributed by atoms with Gasteiger partial charge in [0.1, 0.15) is 5.82 Å². The lowest BCUT2D eigenvalue weighted by atomic mass is 10.0. The number of carboxylic acid groups (broad SMARTS) is 1. The van der Waals surface area contributed by atoms with Crippen LogP contribution in [0.15, 0.2) is 36.4 Å². The highest BCUT2D eigenvalue weighted by molar-refractivity contribution is 6.39. The van der Waals surface area contributed by atoms with Crippen molar-refractivity contribution in [3.05, 3.63) is 69.1 Å². The lowest BCUT2D eigenvalue weighted by Gasteiger charge is -2.33. The number of halogens is 3. The number of carboxylic acids is 1. The number of benzene rings is 2. The first-order chi connectivity index (χ1) is 17.9. The van der Waals surface area contributed by atoms with E-state index in [0.29, 0.717) is 51.9 Å². The molecule has 1 aromatic heterocycles. The molecule has 3 fully saturated rings. The number of nitrogens with zero attached hydrogens (tertiary/aromatic N) is 2. The van der Waals surface area contributed by atoms with E-state index in [0.717, 1.165) is 30.6 Å². The Morgan fingerprint density at radius 1 is 1.16 bits per heavy atom. The van der Waals surface area contributed by atoms with Gasteiger partial charge in [0.15, 0.2) is 0 Å². The van der Waals surface area contributed by atoms with E-state index in [2.05, 4.69) is 15.1 Å². The molecule has 2 saturated carbocycles. The van der Waals surface area contributed by atoms with Crippen molar-refractivity contribution in [2.45, 2.75) is 63.2 Å². The third-order valence-electron chi connectivity index (χ3n) is 7.88. The molecule has 2 bridgehead atoms. The van der Waals surface area contributed by atoms with Gasteiger partial charge in [-0.3, -0.25) is 9.89 Å². The fourth-order valence-corrected chi connectivity index (χ4v) is 6.54. The standard InChI is InChI=1S/C28H28Cl2FN3O3/c29-21-9-17(16-3-4-16)10-22(30)28(21)24-11-19(32-33-24)14-37-26-12-20-8-18(26)13-34(20)25-5-1-15(7-23(25)31)2-6-27(35)36/h1,5,7,9-11,16,18,20,26H,2-4,6,8,12-14H2,(H,32,33)(H,35,36)/t18-,20-,26+/m0/s1. The lowest BCUT2D eigenvalue weighted by molar-refractivity contribution is -0.136. The molecule has 1 saturated heterocycles. The zero-order valence-corrected chi connectivity index (χ0v) is 21.7. The van der Waals surface area contributed by atoms with E-state index in [9.17, 15) is 9.18 Å². The number of rotatable bonds is 9. The number of fused-ring (bicyclic) bond motifs is 2. The van der Waals surface area contributed by atoms with Crippen LogP contribution < -0.4 is 4.90 Å². The number of aromatic nitrogens is 2. The zero-order chi connectivity index (χ0) is 25.7. The summed E-state index contributed by atoms with van der Waals surface area (Å²) in [5.74, 6) is -0.267. The maximum absolute atomic E-state index is 14.8. The van der Waals surface area contributed by atoms with Crippen LogP contribution in [0, 0.1) is 11.7 Å². The minimum absolute atomic E-state index is 0.00315. The number of carbonyl (C=O) groups is 1. The van der Waals surface area contributed by atoms with Gasteiger partial charge in [-0.15, -0.1) is 0 Å². The van der Waals surface area contributed by atoms with Crippen LogP contribution in [-0.2, 0) is 22.6 Å². The molecule has 3 aromatic rings. The molecule has 0 unspecified atom stereocenters. The second-order valence-corrected chi connectivity index (χ2v) is 11.3. The van der Waals surface area contributed by atoms with Gasteiger partial charge < -0.3 is 14.7 Å². The molecule has 37 heavy (non-hydrogen) atoms. The number of H-pyrrole nitrogens is 1. The maximum Gasteiger partial charge on any atom is 0.303 e. The monoisotopic (exact) mass is 543 g/mol. The Kier molecular flexibility index (Phi) is 6.63. The van der Waals surface area contributed by atoms with E-state index in [-0.39, 0.29) is 24.4 Å². The van der Waals surface area contributed by atoms with Crippen molar-refractivity contribution in [1.82, 2.24) is 10.2 Å². The normalized spacial score (nSPS) is 22.7. The fourth-order valence-electron chi connectivity index (χ4n) is 5.85. The minimum atomic E-state index is -0.881. The van der Waals surface area contributed by atoms with Gasteiger partial charge in [0, 0.05) is 30.5 Å². The van der Waals surface area contributed by atoms with E-state index < -0.39 is 5.97 Å². The van der Waals surface area contributed by atoms with Gasteiger partial charge in [0.05, 0.1) is 39.8 Å².